The van der Waals surface area contributed by atoms with Crippen LogP contribution in [0.5, 0.6) is 0 Å². The maximum absolute atomic E-state index is 13.0. The SMILES string of the molecule is CC(C)(C)NCc1nnc(Nc2ccc(F)cc2I)o1. The maximum atomic E-state index is 13.0. The second-order valence-corrected chi connectivity index (χ2v) is 6.52. The largest absolute Gasteiger partial charge is 0.406 e. The van der Waals surface area contributed by atoms with E-state index in [0.29, 0.717) is 18.5 Å². The topological polar surface area (TPSA) is 63.0 Å². The van der Waals surface area contributed by atoms with Gasteiger partial charge in [-0.15, -0.1) is 5.10 Å². The van der Waals surface area contributed by atoms with E-state index >= 15 is 0 Å². The van der Waals surface area contributed by atoms with Crippen LogP contribution in [0.1, 0.15) is 26.7 Å². The van der Waals surface area contributed by atoms with Crippen molar-refractivity contribution in [1.29, 1.82) is 0 Å². The first-order chi connectivity index (χ1) is 9.33. The highest BCUT2D eigenvalue weighted by Crippen LogP contribution is 2.22. The zero-order chi connectivity index (χ0) is 14.8. The van der Waals surface area contributed by atoms with Gasteiger partial charge in [-0.25, -0.2) is 4.39 Å². The first-order valence-electron chi connectivity index (χ1n) is 6.13. The lowest BCUT2D eigenvalue weighted by Gasteiger charge is -2.18. The molecular weight excluding hydrogens is 374 g/mol. The summed E-state index contributed by atoms with van der Waals surface area (Å²) in [5, 5.41) is 14.1. The Morgan fingerprint density at radius 1 is 1.30 bits per heavy atom. The summed E-state index contributed by atoms with van der Waals surface area (Å²) >= 11 is 2.04. The highest BCUT2D eigenvalue weighted by Gasteiger charge is 2.12. The van der Waals surface area contributed by atoms with Crippen LogP contribution in [0.2, 0.25) is 0 Å². The molecule has 0 saturated heterocycles. The molecule has 0 amide bonds. The highest BCUT2D eigenvalue weighted by molar-refractivity contribution is 14.1. The second kappa shape index (κ2) is 6.04. The van der Waals surface area contributed by atoms with Gasteiger partial charge in [-0.2, -0.15) is 0 Å². The van der Waals surface area contributed by atoms with Gasteiger partial charge in [0.2, 0.25) is 5.89 Å². The highest BCUT2D eigenvalue weighted by atomic mass is 127. The molecule has 0 aliphatic carbocycles. The van der Waals surface area contributed by atoms with Gasteiger partial charge in [-0.05, 0) is 61.6 Å². The Morgan fingerprint density at radius 3 is 2.70 bits per heavy atom. The van der Waals surface area contributed by atoms with Crippen molar-refractivity contribution in [2.75, 3.05) is 5.32 Å². The average molecular weight is 390 g/mol. The summed E-state index contributed by atoms with van der Waals surface area (Å²) in [6.07, 6.45) is 0. The minimum absolute atomic E-state index is 0.0194. The van der Waals surface area contributed by atoms with Gasteiger partial charge in [-0.3, -0.25) is 0 Å². The Kier molecular flexibility index (Phi) is 4.59. The Morgan fingerprint density at radius 2 is 2.05 bits per heavy atom. The van der Waals surface area contributed by atoms with E-state index in [0.717, 1.165) is 9.26 Å². The van der Waals surface area contributed by atoms with E-state index < -0.39 is 0 Å². The number of hydrogen-bond acceptors (Lipinski definition) is 5. The van der Waals surface area contributed by atoms with Gasteiger partial charge in [0.25, 0.3) is 0 Å². The third-order valence-electron chi connectivity index (χ3n) is 2.41. The minimum atomic E-state index is -0.277. The van der Waals surface area contributed by atoms with E-state index in [2.05, 4.69) is 41.6 Å². The summed E-state index contributed by atoms with van der Waals surface area (Å²) < 4.78 is 19.2. The fourth-order valence-corrected chi connectivity index (χ4v) is 2.03. The van der Waals surface area contributed by atoms with Crippen molar-refractivity contribution in [2.24, 2.45) is 0 Å². The standard InChI is InChI=1S/C13H16FIN4O/c1-13(2,3)16-7-11-18-19-12(20-11)17-10-5-4-8(14)6-9(10)15/h4-6,16H,7H2,1-3H3,(H,17,19). The molecule has 0 aliphatic heterocycles. The van der Waals surface area contributed by atoms with E-state index in [9.17, 15) is 4.39 Å². The lowest BCUT2D eigenvalue weighted by Crippen LogP contribution is -2.35. The molecule has 0 spiro atoms. The van der Waals surface area contributed by atoms with Crippen molar-refractivity contribution in [3.63, 3.8) is 0 Å². The van der Waals surface area contributed by atoms with Crippen molar-refractivity contribution in [2.45, 2.75) is 32.9 Å². The predicted octanol–water partition coefficient (Wildman–Crippen LogP) is 3.45. The molecule has 0 saturated carbocycles. The zero-order valence-electron chi connectivity index (χ0n) is 11.5. The van der Waals surface area contributed by atoms with Crippen LogP contribution in [0.25, 0.3) is 0 Å². The Bertz CT molecular complexity index is 594. The van der Waals surface area contributed by atoms with Gasteiger partial charge in [0.15, 0.2) is 0 Å². The predicted molar refractivity (Wildman–Crippen MR) is 83.3 cm³/mol. The third-order valence-corrected chi connectivity index (χ3v) is 3.30. The molecule has 1 aromatic carbocycles. The van der Waals surface area contributed by atoms with Gasteiger partial charge < -0.3 is 15.1 Å². The molecule has 108 valence electrons. The summed E-state index contributed by atoms with van der Waals surface area (Å²) in [6.45, 7) is 6.68. The molecule has 0 radical (unpaired) electrons. The average Bonchev–Trinajstić information content (AvgIpc) is 2.77. The Hall–Kier alpha value is -1.22. The molecule has 20 heavy (non-hydrogen) atoms. The van der Waals surface area contributed by atoms with Crippen LogP contribution < -0.4 is 10.6 Å². The van der Waals surface area contributed by atoms with Gasteiger partial charge in [-0.1, -0.05) is 5.10 Å². The third kappa shape index (κ3) is 4.41. The molecule has 0 aliphatic rings. The van der Waals surface area contributed by atoms with E-state index in [4.69, 9.17) is 4.42 Å². The number of benzene rings is 1. The number of halogens is 2. The smallest absolute Gasteiger partial charge is 0.320 e. The van der Waals surface area contributed by atoms with E-state index in [-0.39, 0.29) is 11.4 Å². The summed E-state index contributed by atoms with van der Waals surface area (Å²) in [4.78, 5) is 0. The fraction of sp³-hybridized carbons (Fsp3) is 0.385. The molecule has 2 rings (SSSR count). The Labute approximate surface area is 130 Å². The van der Waals surface area contributed by atoms with Crippen LogP contribution in [-0.4, -0.2) is 15.7 Å². The molecule has 2 N–H and O–H groups in total. The summed E-state index contributed by atoms with van der Waals surface area (Å²) in [7, 11) is 0. The lowest BCUT2D eigenvalue weighted by atomic mass is 10.1. The number of anilines is 2. The number of hydrogen-bond donors (Lipinski definition) is 2. The van der Waals surface area contributed by atoms with Crippen LogP contribution in [-0.2, 0) is 6.54 Å². The number of aromatic nitrogens is 2. The van der Waals surface area contributed by atoms with E-state index in [1.165, 1.54) is 12.1 Å². The molecule has 7 heteroatoms. The van der Waals surface area contributed by atoms with Crippen LogP contribution in [0.3, 0.4) is 0 Å². The molecule has 0 atom stereocenters. The van der Waals surface area contributed by atoms with E-state index in [1.54, 1.807) is 6.07 Å². The van der Waals surface area contributed by atoms with Crippen molar-refractivity contribution in [1.82, 2.24) is 15.5 Å². The molecule has 0 unspecified atom stereocenters. The minimum Gasteiger partial charge on any atom is -0.406 e. The molecule has 1 heterocycles. The molecule has 5 nitrogen and oxygen atoms in total. The van der Waals surface area contributed by atoms with Crippen LogP contribution in [0.4, 0.5) is 16.1 Å². The number of nitrogens with one attached hydrogen (secondary N) is 2. The molecule has 0 bridgehead atoms. The number of rotatable bonds is 4. The van der Waals surface area contributed by atoms with Crippen LogP contribution >= 0.6 is 22.6 Å². The zero-order valence-corrected chi connectivity index (χ0v) is 13.7. The lowest BCUT2D eigenvalue weighted by molar-refractivity contribution is 0.384. The molecule has 0 fully saturated rings. The number of nitrogens with zero attached hydrogens (tertiary/aromatic N) is 2. The van der Waals surface area contributed by atoms with Crippen molar-refractivity contribution >= 4 is 34.3 Å². The summed E-state index contributed by atoms with van der Waals surface area (Å²) in [6, 6.07) is 4.73. The first kappa shape index (κ1) is 15.2. The molecule has 1 aromatic heterocycles. The second-order valence-electron chi connectivity index (χ2n) is 5.35. The summed E-state index contributed by atoms with van der Waals surface area (Å²) in [5.41, 5.74) is 0.708. The van der Waals surface area contributed by atoms with Crippen LogP contribution in [0, 0.1) is 9.39 Å². The van der Waals surface area contributed by atoms with Crippen molar-refractivity contribution < 1.29 is 8.81 Å². The quantitative estimate of drug-likeness (QED) is 0.784. The normalized spacial score (nSPS) is 11.7. The first-order valence-corrected chi connectivity index (χ1v) is 7.21. The van der Waals surface area contributed by atoms with Gasteiger partial charge in [0, 0.05) is 9.11 Å². The van der Waals surface area contributed by atoms with Crippen molar-refractivity contribution in [3.8, 4) is 0 Å². The molecule has 2 aromatic rings. The van der Waals surface area contributed by atoms with Crippen molar-refractivity contribution in [3.05, 3.63) is 33.5 Å². The van der Waals surface area contributed by atoms with Gasteiger partial charge >= 0.3 is 6.01 Å². The monoisotopic (exact) mass is 390 g/mol. The van der Waals surface area contributed by atoms with Crippen LogP contribution in [0.15, 0.2) is 22.6 Å². The maximum Gasteiger partial charge on any atom is 0.320 e. The van der Waals surface area contributed by atoms with Gasteiger partial charge in [0.1, 0.15) is 5.82 Å². The summed E-state index contributed by atoms with van der Waals surface area (Å²) in [5.74, 6) is 0.222. The van der Waals surface area contributed by atoms with Gasteiger partial charge in [0.05, 0.1) is 12.2 Å². The Balaban J connectivity index is 2.02. The van der Waals surface area contributed by atoms with E-state index in [1.807, 2.05) is 22.6 Å². The molecular formula is C13H16FIN4O. The fourth-order valence-electron chi connectivity index (χ4n) is 1.42.